The summed E-state index contributed by atoms with van der Waals surface area (Å²) < 4.78 is 43.1. The molecule has 1 heterocycles. The standard InChI is InChI=1S/C18H14F3N5O2/c1-28-14-7-5-12(6-8-14)15-16(27)23-17(26-24-15)25-22-10-11-3-2-4-13(9-11)18(19,20)21/h2-10H,1H3,(H2,23,25,26,27)/b22-10+. The number of anilines is 1. The number of ether oxygens (including phenoxy) is 1. The molecule has 0 radical (unpaired) electrons. The van der Waals surface area contributed by atoms with Crippen LogP contribution >= 0.6 is 0 Å². The third-order valence-corrected chi connectivity index (χ3v) is 3.66. The number of nitrogens with one attached hydrogen (secondary N) is 2. The van der Waals surface area contributed by atoms with Gasteiger partial charge in [-0.1, -0.05) is 12.1 Å². The summed E-state index contributed by atoms with van der Waals surface area (Å²) in [6.07, 6.45) is -3.27. The maximum absolute atomic E-state index is 12.7. The van der Waals surface area contributed by atoms with E-state index in [-0.39, 0.29) is 17.2 Å². The van der Waals surface area contributed by atoms with E-state index >= 15 is 0 Å². The molecule has 3 aromatic rings. The zero-order valence-corrected chi connectivity index (χ0v) is 14.5. The molecule has 0 aliphatic heterocycles. The van der Waals surface area contributed by atoms with Crippen LogP contribution in [0, 0.1) is 0 Å². The van der Waals surface area contributed by atoms with Gasteiger partial charge in [-0.3, -0.25) is 9.78 Å². The Morgan fingerprint density at radius 1 is 1.14 bits per heavy atom. The second-order valence-corrected chi connectivity index (χ2v) is 5.57. The van der Waals surface area contributed by atoms with E-state index in [9.17, 15) is 18.0 Å². The highest BCUT2D eigenvalue weighted by Crippen LogP contribution is 2.29. The summed E-state index contributed by atoms with van der Waals surface area (Å²) in [7, 11) is 1.53. The summed E-state index contributed by atoms with van der Waals surface area (Å²) in [5.41, 5.74) is 2.03. The average Bonchev–Trinajstić information content (AvgIpc) is 2.68. The van der Waals surface area contributed by atoms with E-state index in [1.165, 1.54) is 25.5 Å². The fraction of sp³-hybridized carbons (Fsp3) is 0.111. The molecule has 2 N–H and O–H groups in total. The number of methoxy groups -OCH3 is 1. The molecule has 3 rings (SSSR count). The predicted octanol–water partition coefficient (Wildman–Crippen LogP) is 3.31. The van der Waals surface area contributed by atoms with Crippen molar-refractivity contribution >= 4 is 12.2 Å². The van der Waals surface area contributed by atoms with E-state index in [1.807, 2.05) is 0 Å². The van der Waals surface area contributed by atoms with Crippen molar-refractivity contribution < 1.29 is 17.9 Å². The molecule has 28 heavy (non-hydrogen) atoms. The summed E-state index contributed by atoms with van der Waals surface area (Å²) in [4.78, 5) is 14.6. The second-order valence-electron chi connectivity index (χ2n) is 5.57. The van der Waals surface area contributed by atoms with Crippen LogP contribution < -0.4 is 15.7 Å². The van der Waals surface area contributed by atoms with E-state index < -0.39 is 17.3 Å². The zero-order valence-electron chi connectivity index (χ0n) is 14.5. The Balaban J connectivity index is 1.73. The van der Waals surface area contributed by atoms with Crippen LogP contribution in [0.2, 0.25) is 0 Å². The number of benzene rings is 2. The molecule has 0 amide bonds. The molecule has 0 aliphatic carbocycles. The van der Waals surface area contributed by atoms with Crippen molar-refractivity contribution in [2.75, 3.05) is 12.5 Å². The van der Waals surface area contributed by atoms with Crippen molar-refractivity contribution in [1.29, 1.82) is 0 Å². The van der Waals surface area contributed by atoms with E-state index in [0.29, 0.717) is 11.3 Å². The highest BCUT2D eigenvalue weighted by Gasteiger charge is 2.30. The minimum absolute atomic E-state index is 0.0505. The van der Waals surface area contributed by atoms with E-state index in [0.717, 1.165) is 12.1 Å². The van der Waals surface area contributed by atoms with Crippen LogP contribution in [-0.2, 0) is 6.18 Å². The number of halogens is 3. The number of alkyl halides is 3. The molecule has 2 aromatic carbocycles. The van der Waals surface area contributed by atoms with Crippen molar-refractivity contribution in [2.45, 2.75) is 6.18 Å². The lowest BCUT2D eigenvalue weighted by Crippen LogP contribution is -2.15. The number of rotatable bonds is 5. The lowest BCUT2D eigenvalue weighted by atomic mass is 10.1. The quantitative estimate of drug-likeness (QED) is 0.516. The van der Waals surface area contributed by atoms with E-state index in [4.69, 9.17) is 4.74 Å². The molecule has 0 atom stereocenters. The van der Waals surface area contributed by atoms with Crippen molar-refractivity contribution in [2.24, 2.45) is 5.10 Å². The highest BCUT2D eigenvalue weighted by atomic mass is 19.4. The van der Waals surface area contributed by atoms with Gasteiger partial charge in [0.1, 0.15) is 5.75 Å². The Bertz CT molecular complexity index is 1050. The van der Waals surface area contributed by atoms with Crippen LogP contribution in [0.25, 0.3) is 11.3 Å². The predicted molar refractivity (Wildman–Crippen MR) is 97.3 cm³/mol. The van der Waals surface area contributed by atoms with Crippen LogP contribution in [0.1, 0.15) is 11.1 Å². The number of hydrazone groups is 1. The Morgan fingerprint density at radius 3 is 2.54 bits per heavy atom. The number of hydrogen-bond acceptors (Lipinski definition) is 6. The van der Waals surface area contributed by atoms with Crippen LogP contribution in [0.5, 0.6) is 5.75 Å². The third kappa shape index (κ3) is 4.53. The molecule has 0 saturated heterocycles. The largest absolute Gasteiger partial charge is 0.497 e. The monoisotopic (exact) mass is 389 g/mol. The van der Waals surface area contributed by atoms with Gasteiger partial charge in [0.05, 0.1) is 18.9 Å². The van der Waals surface area contributed by atoms with Crippen LogP contribution in [0.4, 0.5) is 19.1 Å². The number of aromatic amines is 1. The van der Waals surface area contributed by atoms with Crippen LogP contribution in [0.15, 0.2) is 58.4 Å². The topological polar surface area (TPSA) is 92.3 Å². The zero-order chi connectivity index (χ0) is 20.1. The summed E-state index contributed by atoms with van der Waals surface area (Å²) in [5, 5.41) is 11.4. The third-order valence-electron chi connectivity index (χ3n) is 3.66. The summed E-state index contributed by atoms with van der Waals surface area (Å²) >= 11 is 0. The van der Waals surface area contributed by atoms with Gasteiger partial charge in [0, 0.05) is 5.56 Å². The molecule has 1 aromatic heterocycles. The first-order valence-corrected chi connectivity index (χ1v) is 7.94. The van der Waals surface area contributed by atoms with Crippen molar-refractivity contribution in [3.05, 3.63) is 70.0 Å². The van der Waals surface area contributed by atoms with Gasteiger partial charge in [-0.2, -0.15) is 18.3 Å². The van der Waals surface area contributed by atoms with Gasteiger partial charge in [0.2, 0.25) is 5.95 Å². The molecule has 7 nitrogen and oxygen atoms in total. The number of nitrogens with zero attached hydrogens (tertiary/aromatic N) is 3. The number of hydrogen-bond donors (Lipinski definition) is 2. The minimum Gasteiger partial charge on any atom is -0.497 e. The van der Waals surface area contributed by atoms with Gasteiger partial charge in [-0.05, 0) is 42.0 Å². The summed E-state index contributed by atoms with van der Waals surface area (Å²) in [6.45, 7) is 0. The average molecular weight is 389 g/mol. The Hall–Kier alpha value is -3.69. The molecule has 0 aliphatic rings. The Kier molecular flexibility index (Phi) is 5.39. The van der Waals surface area contributed by atoms with Gasteiger partial charge in [-0.25, -0.2) is 5.43 Å². The number of aromatic nitrogens is 3. The van der Waals surface area contributed by atoms with Gasteiger partial charge in [-0.15, -0.1) is 10.2 Å². The molecule has 144 valence electrons. The number of H-pyrrole nitrogens is 1. The van der Waals surface area contributed by atoms with Crippen molar-refractivity contribution in [3.63, 3.8) is 0 Å². The summed E-state index contributed by atoms with van der Waals surface area (Å²) in [6, 6.07) is 11.3. The van der Waals surface area contributed by atoms with Crippen LogP contribution in [-0.4, -0.2) is 28.5 Å². The molecule has 0 bridgehead atoms. The molecular weight excluding hydrogens is 375 g/mol. The highest BCUT2D eigenvalue weighted by molar-refractivity contribution is 5.80. The van der Waals surface area contributed by atoms with Gasteiger partial charge >= 0.3 is 6.18 Å². The van der Waals surface area contributed by atoms with Gasteiger partial charge in [0.15, 0.2) is 5.69 Å². The normalized spacial score (nSPS) is 11.6. The van der Waals surface area contributed by atoms with Crippen molar-refractivity contribution in [1.82, 2.24) is 15.2 Å². The fourth-order valence-electron chi connectivity index (χ4n) is 2.29. The fourth-order valence-corrected chi connectivity index (χ4v) is 2.29. The first kappa shape index (κ1) is 19.1. The Morgan fingerprint density at radius 2 is 1.89 bits per heavy atom. The van der Waals surface area contributed by atoms with E-state index in [2.05, 4.69) is 25.7 Å². The van der Waals surface area contributed by atoms with Gasteiger partial charge < -0.3 is 4.74 Å². The lowest BCUT2D eigenvalue weighted by Gasteiger charge is -2.06. The lowest BCUT2D eigenvalue weighted by molar-refractivity contribution is -0.137. The van der Waals surface area contributed by atoms with Gasteiger partial charge in [0.25, 0.3) is 5.56 Å². The molecule has 0 unspecified atom stereocenters. The molecule has 10 heteroatoms. The SMILES string of the molecule is COc1ccc(-c2nnc(N/N=C/c3cccc(C(F)(F)F)c3)[nH]c2=O)cc1. The maximum Gasteiger partial charge on any atom is 0.416 e. The molecular formula is C18H14F3N5O2. The first-order chi connectivity index (χ1) is 13.4. The first-order valence-electron chi connectivity index (χ1n) is 7.94. The smallest absolute Gasteiger partial charge is 0.416 e. The molecule has 0 saturated carbocycles. The van der Waals surface area contributed by atoms with E-state index in [1.54, 1.807) is 24.3 Å². The maximum atomic E-state index is 12.7. The van der Waals surface area contributed by atoms with Crippen molar-refractivity contribution in [3.8, 4) is 17.0 Å². The second kappa shape index (κ2) is 7.91. The molecule has 0 fully saturated rings. The van der Waals surface area contributed by atoms with Crippen LogP contribution in [0.3, 0.4) is 0 Å². The molecule has 0 spiro atoms. The summed E-state index contributed by atoms with van der Waals surface area (Å²) in [5.74, 6) is 0.584. The Labute approximate surface area is 156 Å². The minimum atomic E-state index is -4.44.